The minimum Gasteiger partial charge on any atom is -0.454 e. The van der Waals surface area contributed by atoms with Crippen molar-refractivity contribution in [2.75, 3.05) is 18.8 Å². The number of benzene rings is 2. The molecule has 2 aromatic carbocycles. The van der Waals surface area contributed by atoms with Crippen LogP contribution in [-0.4, -0.2) is 39.6 Å². The number of likely N-dealkylation sites (tertiary alicyclic amines) is 1. The first-order valence-electron chi connectivity index (χ1n) is 11.0. The Hall–Kier alpha value is -4.72. The third-order valence-electron chi connectivity index (χ3n) is 5.79. The zero-order valence-electron chi connectivity index (χ0n) is 19.0. The zero-order valence-corrected chi connectivity index (χ0v) is 19.0. The van der Waals surface area contributed by atoms with Crippen LogP contribution in [-0.2, 0) is 4.79 Å². The Bertz CT molecular complexity index is 1380. The molecule has 9 nitrogen and oxygen atoms in total. The average Bonchev–Trinajstić information content (AvgIpc) is 3.22. The summed E-state index contributed by atoms with van der Waals surface area (Å²) in [6, 6.07) is 9.01. The number of carbonyl (C=O) groups excluding carboxylic acids is 2. The van der Waals surface area contributed by atoms with Crippen molar-refractivity contribution in [3.8, 4) is 22.8 Å². The van der Waals surface area contributed by atoms with Gasteiger partial charge in [-0.1, -0.05) is 0 Å². The van der Waals surface area contributed by atoms with Gasteiger partial charge in [0.05, 0.1) is 12.6 Å². The fraction of sp³-hybridized carbons (Fsp3) is 0.200. The van der Waals surface area contributed by atoms with Gasteiger partial charge in [-0.3, -0.25) is 9.59 Å². The van der Waals surface area contributed by atoms with Gasteiger partial charge >= 0.3 is 0 Å². The third-order valence-corrected chi connectivity index (χ3v) is 5.79. The first-order valence-corrected chi connectivity index (χ1v) is 11.0. The Balaban J connectivity index is 1.61. The molecular formula is C25H22F2N6O3. The van der Waals surface area contributed by atoms with Crippen LogP contribution in [0, 0.1) is 18.2 Å². The van der Waals surface area contributed by atoms with Crippen LogP contribution in [0.5, 0.6) is 11.5 Å². The van der Waals surface area contributed by atoms with Gasteiger partial charge in [0.2, 0.25) is 5.91 Å². The van der Waals surface area contributed by atoms with E-state index in [1.54, 1.807) is 29.2 Å². The number of rotatable bonds is 6. The molecule has 0 radical (unpaired) electrons. The highest BCUT2D eigenvalue weighted by Gasteiger charge is 2.29. The highest BCUT2D eigenvalue weighted by Crippen LogP contribution is 2.33. The second kappa shape index (κ2) is 10.3. The van der Waals surface area contributed by atoms with Crippen LogP contribution in [0.2, 0.25) is 0 Å². The number of piperidine rings is 1. The summed E-state index contributed by atoms with van der Waals surface area (Å²) in [7, 11) is 0. The third kappa shape index (κ3) is 5.02. The van der Waals surface area contributed by atoms with Gasteiger partial charge in [0, 0.05) is 30.8 Å². The minimum atomic E-state index is -0.841. The van der Waals surface area contributed by atoms with Crippen molar-refractivity contribution in [2.45, 2.75) is 18.9 Å². The lowest BCUT2D eigenvalue weighted by Gasteiger charge is -2.32. The Morgan fingerprint density at radius 2 is 1.94 bits per heavy atom. The van der Waals surface area contributed by atoms with Crippen molar-refractivity contribution in [3.05, 3.63) is 83.4 Å². The zero-order chi connectivity index (χ0) is 25.8. The van der Waals surface area contributed by atoms with Gasteiger partial charge in [-0.25, -0.2) is 18.3 Å². The van der Waals surface area contributed by atoms with E-state index in [-0.39, 0.29) is 40.5 Å². The van der Waals surface area contributed by atoms with E-state index in [0.29, 0.717) is 31.5 Å². The number of hydrogen-bond acceptors (Lipinski definition) is 5. The van der Waals surface area contributed by atoms with Gasteiger partial charge in [0.25, 0.3) is 5.91 Å². The van der Waals surface area contributed by atoms with E-state index in [0.717, 1.165) is 18.3 Å². The summed E-state index contributed by atoms with van der Waals surface area (Å²) in [5.74, 6) is -2.37. The molecule has 1 unspecified atom stereocenters. The van der Waals surface area contributed by atoms with Gasteiger partial charge in [-0.15, -0.1) is 0 Å². The maximum atomic E-state index is 13.9. The number of nitrogens with zero attached hydrogens (tertiary/aromatic N) is 4. The Labute approximate surface area is 205 Å². The van der Waals surface area contributed by atoms with E-state index in [2.05, 4.69) is 9.94 Å². The molecule has 3 aromatic rings. The van der Waals surface area contributed by atoms with Crippen LogP contribution < -0.4 is 16.2 Å². The van der Waals surface area contributed by atoms with Gasteiger partial charge in [0.1, 0.15) is 28.6 Å². The Morgan fingerprint density at radius 1 is 1.19 bits per heavy atom. The molecule has 184 valence electrons. The molecule has 11 heteroatoms. The van der Waals surface area contributed by atoms with Crippen LogP contribution in [0.25, 0.3) is 16.1 Å². The van der Waals surface area contributed by atoms with Gasteiger partial charge in [-0.2, -0.15) is 5.10 Å². The lowest BCUT2D eigenvalue weighted by Crippen LogP contribution is -2.40. The van der Waals surface area contributed by atoms with Crippen LogP contribution in [0.15, 0.2) is 54.7 Å². The summed E-state index contributed by atoms with van der Waals surface area (Å²) in [6.07, 6.45) is 3.68. The lowest BCUT2D eigenvalue weighted by atomic mass is 10.1. The summed E-state index contributed by atoms with van der Waals surface area (Å²) in [5.41, 5.74) is 12.7. The van der Waals surface area contributed by atoms with Crippen LogP contribution >= 0.6 is 0 Å². The Morgan fingerprint density at radius 3 is 2.61 bits per heavy atom. The summed E-state index contributed by atoms with van der Waals surface area (Å²) in [6.45, 7) is 7.64. The molecule has 1 aliphatic heterocycles. The summed E-state index contributed by atoms with van der Waals surface area (Å²) < 4.78 is 34.0. The van der Waals surface area contributed by atoms with Gasteiger partial charge in [0.15, 0.2) is 17.8 Å². The van der Waals surface area contributed by atoms with Crippen LogP contribution in [0.3, 0.4) is 0 Å². The van der Waals surface area contributed by atoms with Crippen molar-refractivity contribution >= 4 is 17.6 Å². The molecule has 0 bridgehead atoms. The topological polar surface area (TPSA) is 121 Å². The van der Waals surface area contributed by atoms with Gasteiger partial charge in [-0.05, 0) is 49.2 Å². The molecule has 1 saturated heterocycles. The fourth-order valence-electron chi connectivity index (χ4n) is 4.10. The van der Waals surface area contributed by atoms with Crippen molar-refractivity contribution < 1.29 is 23.1 Å². The second-order valence-corrected chi connectivity index (χ2v) is 8.14. The minimum absolute atomic E-state index is 0.0459. The first-order chi connectivity index (χ1) is 17.3. The number of nitrogens with two attached hydrogens (primary N) is 2. The maximum Gasteiger partial charge on any atom is 0.254 e. The number of hydrogen-bond donors (Lipinski definition) is 2. The molecule has 4 N–H and O–H groups in total. The van der Waals surface area contributed by atoms with E-state index < -0.39 is 17.5 Å². The number of primary amides is 1. The van der Waals surface area contributed by atoms with E-state index in [9.17, 15) is 18.4 Å². The molecule has 4 rings (SSSR count). The van der Waals surface area contributed by atoms with E-state index in [1.807, 2.05) is 0 Å². The fourth-order valence-corrected chi connectivity index (χ4v) is 4.10. The van der Waals surface area contributed by atoms with Crippen LogP contribution in [0.1, 0.15) is 29.2 Å². The largest absolute Gasteiger partial charge is 0.454 e. The maximum absolute atomic E-state index is 13.9. The number of anilines is 1. The van der Waals surface area contributed by atoms with E-state index in [1.165, 1.54) is 16.8 Å². The van der Waals surface area contributed by atoms with E-state index >= 15 is 0 Å². The molecular weight excluding hydrogens is 470 g/mol. The lowest BCUT2D eigenvalue weighted by molar-refractivity contribution is -0.127. The first kappa shape index (κ1) is 24.4. The van der Waals surface area contributed by atoms with Gasteiger partial charge < -0.3 is 21.1 Å². The number of amides is 2. The number of nitrogen functional groups attached to an aromatic ring is 1. The highest BCUT2D eigenvalue weighted by molar-refractivity contribution is 6.03. The monoisotopic (exact) mass is 492 g/mol. The quantitative estimate of drug-likeness (QED) is 0.399. The Kier molecular flexibility index (Phi) is 6.96. The number of ether oxygens (including phenoxy) is 1. The normalized spacial score (nSPS) is 15.6. The highest BCUT2D eigenvalue weighted by atomic mass is 19.1. The summed E-state index contributed by atoms with van der Waals surface area (Å²) >= 11 is 0. The number of aromatic nitrogens is 2. The molecule has 1 aromatic heterocycles. The molecule has 0 aliphatic carbocycles. The molecule has 1 atom stereocenters. The second-order valence-electron chi connectivity index (χ2n) is 8.14. The molecule has 2 amide bonds. The van der Waals surface area contributed by atoms with Crippen molar-refractivity contribution in [2.24, 2.45) is 5.73 Å². The predicted octanol–water partition coefficient (Wildman–Crippen LogP) is 3.90. The summed E-state index contributed by atoms with van der Waals surface area (Å²) in [5, 5.41) is 4.56. The van der Waals surface area contributed by atoms with Crippen molar-refractivity contribution in [1.82, 2.24) is 14.7 Å². The van der Waals surface area contributed by atoms with Crippen LogP contribution in [0.4, 0.5) is 14.6 Å². The predicted molar refractivity (Wildman–Crippen MR) is 128 cm³/mol. The molecule has 0 saturated carbocycles. The smallest absolute Gasteiger partial charge is 0.254 e. The standard InChI is InChI=1S/C25H22F2N6O3/c1-30-11-10-21(34)32-12-2-3-17(14-32)33-24(28)22(25(29)35)23(31-33)15-4-7-18(8-5-15)36-20-9-6-16(26)13-19(20)27/h4-11,13,17H,2-3,12,14,28H2,(H2,29,35)/b11-10+. The molecule has 1 aliphatic rings. The molecule has 1 fully saturated rings. The molecule has 0 spiro atoms. The summed E-state index contributed by atoms with van der Waals surface area (Å²) in [4.78, 5) is 29.3. The number of carbonyl (C=O) groups is 2. The molecule has 2 heterocycles. The number of halogens is 2. The van der Waals surface area contributed by atoms with E-state index in [4.69, 9.17) is 22.8 Å². The van der Waals surface area contributed by atoms with Crippen molar-refractivity contribution in [1.29, 1.82) is 0 Å². The van der Waals surface area contributed by atoms with Crippen molar-refractivity contribution in [3.63, 3.8) is 0 Å². The average molecular weight is 492 g/mol. The molecule has 36 heavy (non-hydrogen) atoms. The SMILES string of the molecule is [C-]#[N+]/C=C/C(=O)N1CCCC(n2nc(-c3ccc(Oc4ccc(F)cc4F)cc3)c(C(N)=O)c2N)C1.